The van der Waals surface area contributed by atoms with Gasteiger partial charge in [-0.3, -0.25) is 0 Å². The van der Waals surface area contributed by atoms with Crippen LogP contribution < -0.4 is 0 Å². The van der Waals surface area contributed by atoms with Gasteiger partial charge in [0.25, 0.3) is 0 Å². The first-order chi connectivity index (χ1) is 20.2. The fraction of sp³-hybridized carbons (Fsp3) is 0.250. The molecule has 208 valence electrons. The molecule has 5 aromatic rings. The Morgan fingerprint density at radius 2 is 1.17 bits per heavy atom. The minimum absolute atomic E-state index is 0.332. The van der Waals surface area contributed by atoms with Crippen LogP contribution in [0.15, 0.2) is 121 Å². The Morgan fingerprint density at radius 3 is 1.80 bits per heavy atom. The molecule has 0 saturated carbocycles. The molecule has 5 heteroatoms. The lowest BCUT2D eigenvalue weighted by Gasteiger charge is -2.25. The van der Waals surface area contributed by atoms with Crippen LogP contribution >= 0.6 is 0 Å². The molecule has 0 N–H and O–H groups in total. The monoisotopic (exact) mass is 545 g/mol. The lowest BCUT2D eigenvalue weighted by Crippen LogP contribution is -2.38. The summed E-state index contributed by atoms with van der Waals surface area (Å²) in [6.45, 7) is 3.89. The van der Waals surface area contributed by atoms with Crippen LogP contribution in [0.4, 0.5) is 0 Å². The van der Waals surface area contributed by atoms with Gasteiger partial charge in [-0.15, -0.1) is 0 Å². The van der Waals surface area contributed by atoms with Crippen LogP contribution in [0.5, 0.6) is 0 Å². The maximum Gasteiger partial charge on any atom is 0.129 e. The summed E-state index contributed by atoms with van der Waals surface area (Å²) in [5, 5.41) is 1.13. The molecule has 5 nitrogen and oxygen atoms in total. The van der Waals surface area contributed by atoms with Crippen molar-refractivity contribution in [1.29, 1.82) is 0 Å². The fourth-order valence-corrected chi connectivity index (χ4v) is 5.41. The standard InChI is InChI=1S/C36H35NO4/c1-26-21-32(37-31-20-12-11-19-30(26)31)34-36(40-24-29-17-9-4-10-18-29)35(39-23-28-15-7-3-8-16-28)33(41-34)25-38-22-27-13-5-2-6-14-27/h2-21,33-36H,22-25H2,1H3/t33-,34+,35-,36+/m1/s1. The van der Waals surface area contributed by atoms with E-state index in [1.165, 1.54) is 0 Å². The van der Waals surface area contributed by atoms with Gasteiger partial charge < -0.3 is 18.9 Å². The van der Waals surface area contributed by atoms with Gasteiger partial charge in [-0.1, -0.05) is 109 Å². The molecule has 1 aromatic heterocycles. The van der Waals surface area contributed by atoms with Gasteiger partial charge in [-0.25, -0.2) is 4.98 Å². The third-order valence-corrected chi connectivity index (χ3v) is 7.51. The predicted molar refractivity (Wildman–Crippen MR) is 160 cm³/mol. The van der Waals surface area contributed by atoms with Crippen LogP contribution in [0.2, 0.25) is 0 Å². The van der Waals surface area contributed by atoms with Crippen molar-refractivity contribution in [3.05, 3.63) is 149 Å². The van der Waals surface area contributed by atoms with E-state index in [4.69, 9.17) is 23.9 Å². The third-order valence-electron chi connectivity index (χ3n) is 7.51. The Balaban J connectivity index is 1.30. The zero-order valence-corrected chi connectivity index (χ0v) is 23.3. The van der Waals surface area contributed by atoms with Crippen molar-refractivity contribution >= 4 is 10.9 Å². The number of para-hydroxylation sites is 1. The van der Waals surface area contributed by atoms with Crippen molar-refractivity contribution < 1.29 is 18.9 Å². The van der Waals surface area contributed by atoms with Crippen molar-refractivity contribution in [2.75, 3.05) is 6.61 Å². The molecule has 0 bridgehead atoms. The second-order valence-electron chi connectivity index (χ2n) is 10.5. The number of aromatic nitrogens is 1. The van der Waals surface area contributed by atoms with Gasteiger partial charge in [-0.05, 0) is 41.3 Å². The molecular formula is C36H35NO4. The van der Waals surface area contributed by atoms with Crippen LogP contribution in [-0.2, 0) is 38.8 Å². The van der Waals surface area contributed by atoms with E-state index in [-0.39, 0.29) is 18.3 Å². The third kappa shape index (κ3) is 6.72. The molecule has 0 aliphatic carbocycles. The van der Waals surface area contributed by atoms with E-state index >= 15 is 0 Å². The number of pyridine rings is 1. The summed E-state index contributed by atoms with van der Waals surface area (Å²) in [6.07, 6.45) is -1.47. The number of benzene rings is 4. The predicted octanol–water partition coefficient (Wildman–Crippen LogP) is 7.37. The van der Waals surface area contributed by atoms with Gasteiger partial charge in [0.1, 0.15) is 24.4 Å². The summed E-state index contributed by atoms with van der Waals surface area (Å²) in [5.41, 5.74) is 6.26. The smallest absolute Gasteiger partial charge is 0.129 e. The number of rotatable bonds is 11. The largest absolute Gasteiger partial charge is 0.374 e. The van der Waals surface area contributed by atoms with Gasteiger partial charge >= 0.3 is 0 Å². The second-order valence-corrected chi connectivity index (χ2v) is 10.5. The van der Waals surface area contributed by atoms with E-state index in [9.17, 15) is 0 Å². The van der Waals surface area contributed by atoms with Gasteiger partial charge in [0.2, 0.25) is 0 Å². The first kappa shape index (κ1) is 27.3. The number of nitrogens with zero attached hydrogens (tertiary/aromatic N) is 1. The van der Waals surface area contributed by atoms with E-state index in [0.29, 0.717) is 26.4 Å². The first-order valence-electron chi connectivity index (χ1n) is 14.2. The molecule has 0 spiro atoms. The van der Waals surface area contributed by atoms with Crippen molar-refractivity contribution in [2.24, 2.45) is 0 Å². The van der Waals surface area contributed by atoms with E-state index in [0.717, 1.165) is 38.9 Å². The van der Waals surface area contributed by atoms with Crippen molar-refractivity contribution in [1.82, 2.24) is 4.98 Å². The van der Waals surface area contributed by atoms with Crippen molar-refractivity contribution in [3.63, 3.8) is 0 Å². The van der Waals surface area contributed by atoms with Crippen LogP contribution in [-0.4, -0.2) is 29.9 Å². The lowest BCUT2D eigenvalue weighted by atomic mass is 10.0. The van der Waals surface area contributed by atoms with Gasteiger partial charge in [0, 0.05) is 5.39 Å². The zero-order valence-electron chi connectivity index (χ0n) is 23.3. The second kappa shape index (κ2) is 13.2. The topological polar surface area (TPSA) is 49.8 Å². The molecule has 4 atom stereocenters. The lowest BCUT2D eigenvalue weighted by molar-refractivity contribution is -0.0898. The number of ether oxygens (including phenoxy) is 4. The SMILES string of the molecule is Cc1cc([C@@H]2O[C@H](COCc3ccccc3)[C@@H](OCc3ccccc3)[C@H]2OCc2ccccc2)nc2ccccc12. The Hall–Kier alpha value is -3.87. The number of fused-ring (bicyclic) bond motifs is 1. The molecule has 1 aliphatic rings. The van der Waals surface area contributed by atoms with Crippen molar-refractivity contribution in [3.8, 4) is 0 Å². The number of hydrogen-bond acceptors (Lipinski definition) is 5. The summed E-state index contributed by atoms with van der Waals surface area (Å²) >= 11 is 0. The van der Waals surface area contributed by atoms with E-state index in [1.807, 2.05) is 72.8 Å². The summed E-state index contributed by atoms with van der Waals surface area (Å²) < 4.78 is 26.2. The molecule has 0 amide bonds. The van der Waals surface area contributed by atoms with Gasteiger partial charge in [0.15, 0.2) is 0 Å². The molecule has 6 rings (SSSR count). The minimum atomic E-state index is -0.409. The van der Waals surface area contributed by atoms with E-state index < -0.39 is 6.10 Å². The zero-order chi connectivity index (χ0) is 27.9. The first-order valence-corrected chi connectivity index (χ1v) is 14.2. The fourth-order valence-electron chi connectivity index (χ4n) is 5.41. The average Bonchev–Trinajstić information content (AvgIpc) is 3.37. The number of hydrogen-bond donors (Lipinski definition) is 0. The quantitative estimate of drug-likeness (QED) is 0.173. The van der Waals surface area contributed by atoms with E-state index in [1.54, 1.807) is 0 Å². The Bertz CT molecular complexity index is 1530. The molecule has 0 radical (unpaired) electrons. The van der Waals surface area contributed by atoms with Gasteiger partial charge in [-0.2, -0.15) is 0 Å². The number of aryl methyl sites for hydroxylation is 1. The van der Waals surface area contributed by atoms with Gasteiger partial charge in [0.05, 0.1) is 37.6 Å². The molecule has 1 saturated heterocycles. The summed E-state index contributed by atoms with van der Waals surface area (Å²) in [5.74, 6) is 0. The molecular weight excluding hydrogens is 510 g/mol. The van der Waals surface area contributed by atoms with Crippen LogP contribution in [0.25, 0.3) is 10.9 Å². The normalized spacial score (nSPS) is 20.4. The maximum atomic E-state index is 6.75. The van der Waals surface area contributed by atoms with Crippen LogP contribution in [0.3, 0.4) is 0 Å². The van der Waals surface area contributed by atoms with Crippen molar-refractivity contribution in [2.45, 2.75) is 51.2 Å². The van der Waals surface area contributed by atoms with Crippen LogP contribution in [0, 0.1) is 6.92 Å². The highest BCUT2D eigenvalue weighted by atomic mass is 16.6. The molecule has 2 heterocycles. The van der Waals surface area contributed by atoms with E-state index in [2.05, 4.69) is 55.5 Å². The highest BCUT2D eigenvalue weighted by molar-refractivity contribution is 5.82. The highest BCUT2D eigenvalue weighted by Crippen LogP contribution is 2.39. The minimum Gasteiger partial charge on any atom is -0.374 e. The van der Waals surface area contributed by atoms with Crippen LogP contribution in [0.1, 0.15) is 34.1 Å². The summed E-state index contributed by atoms with van der Waals surface area (Å²) in [7, 11) is 0. The molecule has 1 aliphatic heterocycles. The maximum absolute atomic E-state index is 6.75. The Kier molecular flexibility index (Phi) is 8.79. The molecule has 0 unspecified atom stereocenters. The molecule has 1 fully saturated rings. The average molecular weight is 546 g/mol. The summed E-state index contributed by atoms with van der Waals surface area (Å²) in [6, 6.07) is 40.9. The molecule has 4 aromatic carbocycles. The Labute approximate surface area is 241 Å². The summed E-state index contributed by atoms with van der Waals surface area (Å²) in [4.78, 5) is 5.04. The molecule has 41 heavy (non-hydrogen) atoms. The Morgan fingerprint density at radius 1 is 0.634 bits per heavy atom. The highest BCUT2D eigenvalue weighted by Gasteiger charge is 2.48.